The lowest BCUT2D eigenvalue weighted by Crippen LogP contribution is -2.00. The van der Waals surface area contributed by atoms with E-state index in [0.717, 1.165) is 39.2 Å². The number of ether oxygens (including phenoxy) is 2. The van der Waals surface area contributed by atoms with E-state index in [-0.39, 0.29) is 5.97 Å². The third kappa shape index (κ3) is 3.04. The molecular formula is C22H18N2O3. The Labute approximate surface area is 156 Å². The van der Waals surface area contributed by atoms with E-state index in [0.29, 0.717) is 5.56 Å². The number of hydrogen-bond donors (Lipinski definition) is 1. The maximum Gasteiger partial charge on any atom is 0.337 e. The van der Waals surface area contributed by atoms with Crippen LogP contribution in [0.15, 0.2) is 66.9 Å². The molecule has 0 amide bonds. The molecule has 0 fully saturated rings. The van der Waals surface area contributed by atoms with E-state index in [1.807, 2.05) is 48.5 Å². The normalized spacial score (nSPS) is 10.7. The molecule has 0 aliphatic rings. The fourth-order valence-electron chi connectivity index (χ4n) is 3.19. The van der Waals surface area contributed by atoms with Crippen molar-refractivity contribution in [1.82, 2.24) is 9.97 Å². The van der Waals surface area contributed by atoms with Crippen molar-refractivity contribution in [2.45, 2.75) is 0 Å². The lowest BCUT2D eigenvalue weighted by Gasteiger charge is -2.06. The molecule has 0 aliphatic carbocycles. The first-order chi connectivity index (χ1) is 13.2. The molecule has 5 heteroatoms. The van der Waals surface area contributed by atoms with Gasteiger partial charge in [0, 0.05) is 22.7 Å². The Morgan fingerprint density at radius 2 is 1.81 bits per heavy atom. The monoisotopic (exact) mass is 358 g/mol. The number of aromatic amines is 1. The maximum atomic E-state index is 11.9. The summed E-state index contributed by atoms with van der Waals surface area (Å²) in [7, 11) is 3.02. The summed E-state index contributed by atoms with van der Waals surface area (Å²) >= 11 is 0. The largest absolute Gasteiger partial charge is 0.497 e. The lowest BCUT2D eigenvalue weighted by molar-refractivity contribution is 0.0601. The van der Waals surface area contributed by atoms with Gasteiger partial charge in [-0.15, -0.1) is 0 Å². The van der Waals surface area contributed by atoms with E-state index in [2.05, 4.69) is 9.97 Å². The summed E-state index contributed by atoms with van der Waals surface area (Å²) in [5.41, 5.74) is 5.15. The van der Waals surface area contributed by atoms with Gasteiger partial charge in [-0.3, -0.25) is 4.98 Å². The highest BCUT2D eigenvalue weighted by Crippen LogP contribution is 2.38. The molecule has 134 valence electrons. The van der Waals surface area contributed by atoms with Gasteiger partial charge in [0.15, 0.2) is 0 Å². The number of fused-ring (bicyclic) bond motifs is 1. The van der Waals surface area contributed by atoms with Crippen LogP contribution in [0.4, 0.5) is 0 Å². The summed E-state index contributed by atoms with van der Waals surface area (Å²) in [5, 5.41) is 0.993. The summed E-state index contributed by atoms with van der Waals surface area (Å²) in [5.74, 6) is 0.430. The van der Waals surface area contributed by atoms with Gasteiger partial charge in [0.25, 0.3) is 0 Å². The lowest BCUT2D eigenvalue weighted by atomic mass is 10.0. The molecule has 2 heterocycles. The van der Waals surface area contributed by atoms with Crippen LogP contribution < -0.4 is 4.74 Å². The molecule has 0 spiro atoms. The van der Waals surface area contributed by atoms with Crippen molar-refractivity contribution < 1.29 is 14.3 Å². The van der Waals surface area contributed by atoms with Gasteiger partial charge in [-0.2, -0.15) is 0 Å². The molecule has 0 radical (unpaired) electrons. The van der Waals surface area contributed by atoms with Crippen molar-refractivity contribution in [3.8, 4) is 28.3 Å². The smallest absolute Gasteiger partial charge is 0.337 e. The Bertz CT molecular complexity index is 1100. The highest BCUT2D eigenvalue weighted by Gasteiger charge is 2.17. The number of H-pyrrole nitrogens is 1. The Kier molecular flexibility index (Phi) is 4.34. The van der Waals surface area contributed by atoms with Gasteiger partial charge >= 0.3 is 5.97 Å². The molecule has 0 aliphatic heterocycles. The van der Waals surface area contributed by atoms with Crippen molar-refractivity contribution in [1.29, 1.82) is 0 Å². The van der Waals surface area contributed by atoms with E-state index in [1.165, 1.54) is 7.11 Å². The average Bonchev–Trinajstić information content (AvgIpc) is 3.12. The van der Waals surface area contributed by atoms with Gasteiger partial charge in [0.1, 0.15) is 5.75 Å². The van der Waals surface area contributed by atoms with Crippen LogP contribution in [0.25, 0.3) is 33.4 Å². The first kappa shape index (κ1) is 16.8. The summed E-state index contributed by atoms with van der Waals surface area (Å²) in [6.07, 6.45) is 1.77. The number of benzene rings is 2. The highest BCUT2D eigenvalue weighted by atomic mass is 16.5. The topological polar surface area (TPSA) is 64.2 Å². The molecule has 2 aromatic heterocycles. The predicted octanol–water partition coefficient (Wildman–Crippen LogP) is 4.69. The van der Waals surface area contributed by atoms with Crippen molar-refractivity contribution in [3.05, 3.63) is 72.4 Å². The van der Waals surface area contributed by atoms with E-state index >= 15 is 0 Å². The van der Waals surface area contributed by atoms with Crippen LogP contribution in [-0.4, -0.2) is 30.2 Å². The summed E-state index contributed by atoms with van der Waals surface area (Å²) in [6, 6.07) is 19.2. The number of rotatable bonds is 4. The molecule has 5 nitrogen and oxygen atoms in total. The number of esters is 1. The Hall–Kier alpha value is -3.60. The Morgan fingerprint density at radius 1 is 1.00 bits per heavy atom. The fraction of sp³-hybridized carbons (Fsp3) is 0.0909. The molecule has 0 atom stereocenters. The minimum Gasteiger partial charge on any atom is -0.497 e. The van der Waals surface area contributed by atoms with Crippen LogP contribution in [0.2, 0.25) is 0 Å². The summed E-state index contributed by atoms with van der Waals surface area (Å²) in [6.45, 7) is 0. The van der Waals surface area contributed by atoms with Gasteiger partial charge in [-0.1, -0.05) is 12.1 Å². The van der Waals surface area contributed by atoms with Gasteiger partial charge in [-0.05, 0) is 54.1 Å². The number of methoxy groups -OCH3 is 2. The van der Waals surface area contributed by atoms with Crippen LogP contribution in [0, 0.1) is 0 Å². The third-order valence-electron chi connectivity index (χ3n) is 4.52. The van der Waals surface area contributed by atoms with Gasteiger partial charge in [0.2, 0.25) is 0 Å². The van der Waals surface area contributed by atoms with Gasteiger partial charge in [0.05, 0.1) is 31.2 Å². The molecule has 0 saturated carbocycles. The van der Waals surface area contributed by atoms with Crippen LogP contribution in [0.3, 0.4) is 0 Å². The minimum absolute atomic E-state index is 0.364. The van der Waals surface area contributed by atoms with Crippen molar-refractivity contribution in [3.63, 3.8) is 0 Å². The number of nitrogens with zero attached hydrogens (tertiary/aromatic N) is 1. The second kappa shape index (κ2) is 6.96. The van der Waals surface area contributed by atoms with Crippen LogP contribution in [-0.2, 0) is 4.74 Å². The molecule has 4 rings (SSSR count). The zero-order valence-electron chi connectivity index (χ0n) is 15.0. The third-order valence-corrected chi connectivity index (χ3v) is 4.52. The van der Waals surface area contributed by atoms with Crippen LogP contribution in [0.5, 0.6) is 5.75 Å². The van der Waals surface area contributed by atoms with E-state index in [4.69, 9.17) is 9.47 Å². The Balaban J connectivity index is 1.96. The number of carbonyl (C=O) groups excluding carboxylic acids is 1. The first-order valence-electron chi connectivity index (χ1n) is 8.51. The summed E-state index contributed by atoms with van der Waals surface area (Å²) < 4.78 is 10.1. The number of carbonyl (C=O) groups is 1. The molecule has 1 N–H and O–H groups in total. The van der Waals surface area contributed by atoms with Crippen LogP contribution in [0.1, 0.15) is 10.4 Å². The van der Waals surface area contributed by atoms with Crippen molar-refractivity contribution >= 4 is 16.9 Å². The standard InChI is InChI=1S/C22H18N2O3/c1-26-16-9-6-14(7-10-16)21-20(18-5-3-4-12-23-18)17-11-8-15(22(25)27-2)13-19(17)24-21/h3-13,24H,1-2H3. The molecule has 4 aromatic rings. The maximum absolute atomic E-state index is 11.9. The molecule has 2 aromatic carbocycles. The second-order valence-corrected chi connectivity index (χ2v) is 6.07. The summed E-state index contributed by atoms with van der Waals surface area (Å²) in [4.78, 5) is 19.9. The molecule has 0 bridgehead atoms. The minimum atomic E-state index is -0.364. The quantitative estimate of drug-likeness (QED) is 0.538. The number of nitrogens with one attached hydrogen (secondary N) is 1. The predicted molar refractivity (Wildman–Crippen MR) is 105 cm³/mol. The average molecular weight is 358 g/mol. The van der Waals surface area contributed by atoms with E-state index in [1.54, 1.807) is 25.4 Å². The number of pyridine rings is 1. The van der Waals surface area contributed by atoms with E-state index < -0.39 is 0 Å². The van der Waals surface area contributed by atoms with Crippen molar-refractivity contribution in [2.75, 3.05) is 14.2 Å². The first-order valence-corrected chi connectivity index (χ1v) is 8.51. The van der Waals surface area contributed by atoms with Gasteiger partial charge in [-0.25, -0.2) is 4.79 Å². The zero-order chi connectivity index (χ0) is 18.8. The fourth-order valence-corrected chi connectivity index (χ4v) is 3.19. The van der Waals surface area contributed by atoms with Gasteiger partial charge < -0.3 is 14.5 Å². The molecular weight excluding hydrogens is 340 g/mol. The van der Waals surface area contributed by atoms with Crippen molar-refractivity contribution in [2.24, 2.45) is 0 Å². The molecule has 0 unspecified atom stereocenters. The SMILES string of the molecule is COC(=O)c1ccc2c(-c3ccccn3)c(-c3ccc(OC)cc3)[nH]c2c1. The van der Waals surface area contributed by atoms with Crippen LogP contribution >= 0.6 is 0 Å². The van der Waals surface area contributed by atoms with E-state index in [9.17, 15) is 4.79 Å². The second-order valence-electron chi connectivity index (χ2n) is 6.07. The molecule has 0 saturated heterocycles. The zero-order valence-corrected chi connectivity index (χ0v) is 15.0. The number of aromatic nitrogens is 2. The highest BCUT2D eigenvalue weighted by molar-refractivity contribution is 6.05. The molecule has 27 heavy (non-hydrogen) atoms. The number of hydrogen-bond acceptors (Lipinski definition) is 4. The Morgan fingerprint density at radius 3 is 2.48 bits per heavy atom.